The van der Waals surface area contributed by atoms with Gasteiger partial charge in [-0.25, -0.2) is 13.8 Å². The first-order valence-corrected chi connectivity index (χ1v) is 9.54. The summed E-state index contributed by atoms with van der Waals surface area (Å²) in [7, 11) is -3.84. The van der Waals surface area contributed by atoms with Crippen LogP contribution in [-0.2, 0) is 19.6 Å². The maximum atomic E-state index is 12.8. The van der Waals surface area contributed by atoms with Crippen molar-refractivity contribution in [3.63, 3.8) is 0 Å². The minimum absolute atomic E-state index is 0.0640. The number of carbonyl (C=O) groups excluding carboxylic acids is 1. The second kappa shape index (κ2) is 7.20. The lowest BCUT2D eigenvalue weighted by Gasteiger charge is -2.33. The van der Waals surface area contributed by atoms with Crippen LogP contribution in [0, 0.1) is 0 Å². The Morgan fingerprint density at radius 1 is 1.15 bits per heavy atom. The number of nitrogens with zero attached hydrogens (tertiary/aromatic N) is 2. The smallest absolute Gasteiger partial charge is 0.319 e. The van der Waals surface area contributed by atoms with Gasteiger partial charge in [-0.2, -0.15) is 4.31 Å². The topological polar surface area (TPSA) is 107 Å². The molecule has 0 saturated carbocycles. The van der Waals surface area contributed by atoms with E-state index in [9.17, 15) is 18.0 Å². The van der Waals surface area contributed by atoms with E-state index in [1.54, 1.807) is 30.3 Å². The van der Waals surface area contributed by atoms with Crippen LogP contribution in [0.3, 0.4) is 0 Å². The fourth-order valence-corrected chi connectivity index (χ4v) is 4.29. The zero-order chi connectivity index (χ0) is 18.9. The summed E-state index contributed by atoms with van der Waals surface area (Å²) in [5.41, 5.74) is 2.46. The molecule has 2 N–H and O–H groups in total. The van der Waals surface area contributed by atoms with E-state index < -0.39 is 28.4 Å². The molecular weight excluding hydrogens is 382 g/mol. The lowest BCUT2D eigenvalue weighted by atomic mass is 10.1. The molecule has 0 aliphatic carbocycles. The minimum atomic E-state index is -3.84. The van der Waals surface area contributed by atoms with E-state index in [-0.39, 0.29) is 24.5 Å². The molecule has 8 nitrogen and oxygen atoms in total. The van der Waals surface area contributed by atoms with Crippen molar-refractivity contribution in [3.05, 3.63) is 41.4 Å². The molecule has 1 aliphatic heterocycles. The molecule has 2 aromatic rings. The molecule has 0 atom stereocenters. The van der Waals surface area contributed by atoms with Crippen LogP contribution in [-0.4, -0.2) is 60.9 Å². The fourth-order valence-electron chi connectivity index (χ4n) is 2.69. The number of hydrogen-bond acceptors (Lipinski definition) is 5. The van der Waals surface area contributed by atoms with Crippen LogP contribution in [0.1, 0.15) is 0 Å². The van der Waals surface area contributed by atoms with Gasteiger partial charge in [0.25, 0.3) is 5.91 Å². The number of hydrazine groups is 1. The summed E-state index contributed by atoms with van der Waals surface area (Å²) in [5, 5.41) is 11.9. The van der Waals surface area contributed by atoms with Crippen molar-refractivity contribution in [2.75, 3.05) is 26.2 Å². The summed E-state index contributed by atoms with van der Waals surface area (Å²) in [6, 6.07) is 9.84. The standard InChI is InChI=1S/C16H16ClN3O5S/c17-13-3-1-12-8-14(4-2-11(12)7-13)26(24,25)19-5-6-20(15(21)10-19)18-9-16(22)23/h1-4,7-8,18H,5-6,9-10H2,(H,22,23). The van der Waals surface area contributed by atoms with Gasteiger partial charge in [0, 0.05) is 11.6 Å². The Bertz CT molecular complexity index is 979. The van der Waals surface area contributed by atoms with Crippen molar-refractivity contribution in [1.29, 1.82) is 0 Å². The number of fused-ring (bicyclic) bond motifs is 1. The molecule has 138 valence electrons. The molecule has 26 heavy (non-hydrogen) atoms. The Hall–Kier alpha value is -2.20. The van der Waals surface area contributed by atoms with Crippen molar-refractivity contribution in [1.82, 2.24) is 14.7 Å². The van der Waals surface area contributed by atoms with E-state index in [0.29, 0.717) is 5.02 Å². The summed E-state index contributed by atoms with van der Waals surface area (Å²) in [6.07, 6.45) is 0. The molecule has 1 saturated heterocycles. The van der Waals surface area contributed by atoms with Crippen LogP contribution in [0.2, 0.25) is 5.02 Å². The first-order valence-electron chi connectivity index (χ1n) is 7.72. The average molecular weight is 398 g/mol. The highest BCUT2D eigenvalue weighted by Crippen LogP contribution is 2.25. The fraction of sp³-hybridized carbons (Fsp3) is 0.250. The molecule has 1 fully saturated rings. The van der Waals surface area contributed by atoms with E-state index in [2.05, 4.69) is 5.43 Å². The molecule has 10 heteroatoms. The molecule has 0 unspecified atom stereocenters. The number of carboxylic acid groups (broad SMARTS) is 1. The summed E-state index contributed by atoms with van der Waals surface area (Å²) < 4.78 is 26.8. The summed E-state index contributed by atoms with van der Waals surface area (Å²) >= 11 is 5.93. The highest BCUT2D eigenvalue weighted by atomic mass is 35.5. The molecular formula is C16H16ClN3O5S. The molecule has 2 aromatic carbocycles. The predicted molar refractivity (Wildman–Crippen MR) is 95.1 cm³/mol. The monoisotopic (exact) mass is 397 g/mol. The normalized spacial score (nSPS) is 16.2. The number of amides is 1. The van der Waals surface area contributed by atoms with Gasteiger partial charge in [-0.05, 0) is 35.0 Å². The zero-order valence-corrected chi connectivity index (χ0v) is 15.1. The molecule has 3 rings (SSSR count). The first kappa shape index (κ1) is 18.6. The van der Waals surface area contributed by atoms with Crippen molar-refractivity contribution in [2.45, 2.75) is 4.90 Å². The SMILES string of the molecule is O=C(O)CNN1CCN(S(=O)(=O)c2ccc3cc(Cl)ccc3c2)CC1=O. The number of carboxylic acids is 1. The maximum absolute atomic E-state index is 12.8. The van der Waals surface area contributed by atoms with Crippen molar-refractivity contribution >= 4 is 44.3 Å². The first-order chi connectivity index (χ1) is 12.3. The number of carbonyl (C=O) groups is 2. The van der Waals surface area contributed by atoms with Crippen LogP contribution >= 0.6 is 11.6 Å². The minimum Gasteiger partial charge on any atom is -0.480 e. The third kappa shape index (κ3) is 3.80. The Labute approximate surface area is 155 Å². The van der Waals surface area contributed by atoms with Gasteiger partial charge in [0.2, 0.25) is 10.0 Å². The van der Waals surface area contributed by atoms with E-state index in [4.69, 9.17) is 16.7 Å². The number of aliphatic carboxylic acids is 1. The number of sulfonamides is 1. The number of halogens is 1. The predicted octanol–water partition coefficient (Wildman–Crippen LogP) is 0.915. The molecule has 1 aliphatic rings. The molecule has 0 aromatic heterocycles. The van der Waals surface area contributed by atoms with Crippen LogP contribution in [0.5, 0.6) is 0 Å². The number of piperazine rings is 1. The molecule has 0 radical (unpaired) electrons. The second-order valence-corrected chi connectivity index (χ2v) is 8.14. The van der Waals surface area contributed by atoms with Gasteiger partial charge in [0.05, 0.1) is 18.0 Å². The van der Waals surface area contributed by atoms with Gasteiger partial charge in [0.1, 0.15) is 6.54 Å². The zero-order valence-electron chi connectivity index (χ0n) is 13.6. The van der Waals surface area contributed by atoms with Crippen LogP contribution in [0.15, 0.2) is 41.3 Å². The lowest BCUT2D eigenvalue weighted by molar-refractivity contribution is -0.141. The summed E-state index contributed by atoms with van der Waals surface area (Å²) in [6.45, 7) is -0.632. The van der Waals surface area contributed by atoms with Crippen LogP contribution in [0.25, 0.3) is 10.8 Å². The van der Waals surface area contributed by atoms with Crippen molar-refractivity contribution in [3.8, 4) is 0 Å². The molecule has 1 amide bonds. The molecule has 1 heterocycles. The second-order valence-electron chi connectivity index (χ2n) is 5.77. The van der Waals surface area contributed by atoms with E-state index in [0.717, 1.165) is 20.1 Å². The van der Waals surface area contributed by atoms with Gasteiger partial charge in [-0.15, -0.1) is 0 Å². The van der Waals surface area contributed by atoms with Crippen LogP contribution < -0.4 is 5.43 Å². The number of hydrogen-bond donors (Lipinski definition) is 2. The van der Waals surface area contributed by atoms with Crippen molar-refractivity contribution < 1.29 is 23.1 Å². The highest BCUT2D eigenvalue weighted by molar-refractivity contribution is 7.89. The highest BCUT2D eigenvalue weighted by Gasteiger charge is 2.33. The number of benzene rings is 2. The van der Waals surface area contributed by atoms with Gasteiger partial charge in [0.15, 0.2) is 0 Å². The Morgan fingerprint density at radius 2 is 1.85 bits per heavy atom. The maximum Gasteiger partial charge on any atom is 0.319 e. The third-order valence-corrected chi connectivity index (χ3v) is 6.09. The average Bonchev–Trinajstić information content (AvgIpc) is 2.59. The summed E-state index contributed by atoms with van der Waals surface area (Å²) in [4.78, 5) is 22.8. The summed E-state index contributed by atoms with van der Waals surface area (Å²) in [5.74, 6) is -1.61. The Kier molecular flexibility index (Phi) is 5.15. The third-order valence-electron chi connectivity index (χ3n) is 4.02. The Balaban J connectivity index is 1.79. The van der Waals surface area contributed by atoms with Gasteiger partial charge < -0.3 is 5.11 Å². The van der Waals surface area contributed by atoms with E-state index in [1.807, 2.05) is 0 Å². The lowest BCUT2D eigenvalue weighted by Crippen LogP contribution is -2.57. The quantitative estimate of drug-likeness (QED) is 0.776. The van der Waals surface area contributed by atoms with Gasteiger partial charge >= 0.3 is 5.97 Å². The van der Waals surface area contributed by atoms with Crippen molar-refractivity contribution in [2.24, 2.45) is 0 Å². The number of rotatable bonds is 5. The van der Waals surface area contributed by atoms with E-state index in [1.165, 1.54) is 6.07 Å². The van der Waals surface area contributed by atoms with E-state index >= 15 is 0 Å². The van der Waals surface area contributed by atoms with Gasteiger partial charge in [-0.3, -0.25) is 14.6 Å². The Morgan fingerprint density at radius 3 is 2.54 bits per heavy atom. The van der Waals surface area contributed by atoms with Gasteiger partial charge in [-0.1, -0.05) is 23.7 Å². The largest absolute Gasteiger partial charge is 0.480 e. The molecule has 0 bridgehead atoms. The molecule has 0 spiro atoms. The van der Waals surface area contributed by atoms with Crippen LogP contribution in [0.4, 0.5) is 0 Å². The number of nitrogens with one attached hydrogen (secondary N) is 1.